The van der Waals surface area contributed by atoms with E-state index < -0.39 is 0 Å². The number of aryl methyl sites for hydroxylation is 1. The first-order valence-corrected chi connectivity index (χ1v) is 5.76. The van der Waals surface area contributed by atoms with E-state index in [4.69, 9.17) is 9.47 Å². The maximum absolute atomic E-state index is 9.36. The summed E-state index contributed by atoms with van der Waals surface area (Å²) in [5.74, 6) is 1.65. The molecule has 1 aromatic carbocycles. The standard InChI is InChI=1S/C14H22O3/c1-10-6-12(16-4)11(13(7-10)17-5)8-14(2,3)9-15/h6-7,15H,8-9H2,1-5H3. The summed E-state index contributed by atoms with van der Waals surface area (Å²) in [6, 6.07) is 3.98. The Morgan fingerprint density at radius 2 is 1.59 bits per heavy atom. The van der Waals surface area contributed by atoms with Crippen molar-refractivity contribution in [2.24, 2.45) is 5.41 Å². The summed E-state index contributed by atoms with van der Waals surface area (Å²) in [6.07, 6.45) is 0.718. The van der Waals surface area contributed by atoms with Crippen molar-refractivity contribution >= 4 is 0 Å². The summed E-state index contributed by atoms with van der Waals surface area (Å²) in [4.78, 5) is 0. The fourth-order valence-corrected chi connectivity index (χ4v) is 1.82. The van der Waals surface area contributed by atoms with Crippen molar-refractivity contribution in [1.29, 1.82) is 0 Å². The molecule has 0 amide bonds. The van der Waals surface area contributed by atoms with Gasteiger partial charge in [0.15, 0.2) is 0 Å². The second kappa shape index (κ2) is 5.41. The molecule has 0 unspecified atom stereocenters. The van der Waals surface area contributed by atoms with Crippen LogP contribution in [0, 0.1) is 12.3 Å². The van der Waals surface area contributed by atoms with Gasteiger partial charge in [-0.3, -0.25) is 0 Å². The fourth-order valence-electron chi connectivity index (χ4n) is 1.82. The highest BCUT2D eigenvalue weighted by molar-refractivity contribution is 5.48. The van der Waals surface area contributed by atoms with Gasteiger partial charge in [-0.1, -0.05) is 13.8 Å². The summed E-state index contributed by atoms with van der Waals surface area (Å²) in [5.41, 5.74) is 1.93. The molecule has 1 aromatic rings. The summed E-state index contributed by atoms with van der Waals surface area (Å²) >= 11 is 0. The maximum atomic E-state index is 9.36. The minimum atomic E-state index is -0.185. The zero-order valence-electron chi connectivity index (χ0n) is 11.3. The molecular formula is C14H22O3. The lowest BCUT2D eigenvalue weighted by molar-refractivity contribution is 0.158. The van der Waals surface area contributed by atoms with Crippen LogP contribution in [0.2, 0.25) is 0 Å². The number of ether oxygens (including phenoxy) is 2. The Kier molecular flexibility index (Phi) is 4.40. The molecule has 17 heavy (non-hydrogen) atoms. The summed E-state index contributed by atoms with van der Waals surface area (Å²) in [7, 11) is 3.31. The van der Waals surface area contributed by atoms with Gasteiger partial charge < -0.3 is 14.6 Å². The zero-order valence-corrected chi connectivity index (χ0v) is 11.3. The van der Waals surface area contributed by atoms with E-state index in [1.165, 1.54) is 0 Å². The van der Waals surface area contributed by atoms with E-state index >= 15 is 0 Å². The van der Waals surface area contributed by atoms with Crippen LogP contribution in [-0.2, 0) is 6.42 Å². The lowest BCUT2D eigenvalue weighted by Crippen LogP contribution is -2.20. The van der Waals surface area contributed by atoms with E-state index in [0.717, 1.165) is 29.0 Å². The molecule has 0 aliphatic carbocycles. The molecule has 0 fully saturated rings. The quantitative estimate of drug-likeness (QED) is 0.857. The topological polar surface area (TPSA) is 38.7 Å². The van der Waals surface area contributed by atoms with Gasteiger partial charge in [0.1, 0.15) is 11.5 Å². The second-order valence-electron chi connectivity index (χ2n) is 5.15. The molecule has 1 N–H and O–H groups in total. The van der Waals surface area contributed by atoms with Crippen LogP contribution in [0.4, 0.5) is 0 Å². The summed E-state index contributed by atoms with van der Waals surface area (Å²) < 4.78 is 10.8. The van der Waals surface area contributed by atoms with E-state index in [0.29, 0.717) is 0 Å². The van der Waals surface area contributed by atoms with Crippen molar-refractivity contribution in [1.82, 2.24) is 0 Å². The van der Waals surface area contributed by atoms with E-state index in [1.54, 1.807) is 14.2 Å². The number of hydrogen-bond donors (Lipinski definition) is 1. The van der Waals surface area contributed by atoms with Gasteiger partial charge in [0.05, 0.1) is 14.2 Å². The number of benzene rings is 1. The Balaban J connectivity index is 3.20. The van der Waals surface area contributed by atoms with Crippen molar-refractivity contribution in [3.63, 3.8) is 0 Å². The first-order chi connectivity index (χ1) is 7.93. The Morgan fingerprint density at radius 1 is 1.12 bits per heavy atom. The largest absolute Gasteiger partial charge is 0.496 e. The van der Waals surface area contributed by atoms with Crippen LogP contribution in [0.1, 0.15) is 25.0 Å². The molecule has 1 rings (SSSR count). The molecule has 0 bridgehead atoms. The van der Waals surface area contributed by atoms with Crippen LogP contribution < -0.4 is 9.47 Å². The van der Waals surface area contributed by atoms with Crippen LogP contribution in [0.5, 0.6) is 11.5 Å². The Morgan fingerprint density at radius 3 is 1.94 bits per heavy atom. The number of aliphatic hydroxyl groups excluding tert-OH is 1. The van der Waals surface area contributed by atoms with Gasteiger partial charge in [-0.05, 0) is 36.5 Å². The summed E-state index contributed by atoms with van der Waals surface area (Å²) in [5, 5.41) is 9.36. The molecule has 0 heterocycles. The average Bonchev–Trinajstić information content (AvgIpc) is 2.30. The highest BCUT2D eigenvalue weighted by Crippen LogP contribution is 2.35. The van der Waals surface area contributed by atoms with Crippen molar-refractivity contribution in [2.45, 2.75) is 27.2 Å². The van der Waals surface area contributed by atoms with Crippen molar-refractivity contribution in [3.05, 3.63) is 23.3 Å². The van der Waals surface area contributed by atoms with Gasteiger partial charge in [0, 0.05) is 12.2 Å². The highest BCUT2D eigenvalue weighted by Gasteiger charge is 2.22. The molecule has 0 saturated carbocycles. The Hall–Kier alpha value is -1.22. The van der Waals surface area contributed by atoms with Gasteiger partial charge in [0.25, 0.3) is 0 Å². The first kappa shape index (κ1) is 13.8. The molecule has 3 nitrogen and oxygen atoms in total. The third kappa shape index (κ3) is 3.37. The SMILES string of the molecule is COc1cc(C)cc(OC)c1CC(C)(C)CO. The molecule has 0 atom stereocenters. The maximum Gasteiger partial charge on any atom is 0.126 e. The molecule has 0 aliphatic heterocycles. The van der Waals surface area contributed by atoms with E-state index in [-0.39, 0.29) is 12.0 Å². The molecule has 0 radical (unpaired) electrons. The Bertz CT molecular complexity index is 358. The Labute approximate surface area is 103 Å². The smallest absolute Gasteiger partial charge is 0.126 e. The van der Waals surface area contributed by atoms with Crippen molar-refractivity contribution in [2.75, 3.05) is 20.8 Å². The predicted molar refractivity (Wildman–Crippen MR) is 68.9 cm³/mol. The van der Waals surface area contributed by atoms with Crippen molar-refractivity contribution in [3.8, 4) is 11.5 Å². The minimum Gasteiger partial charge on any atom is -0.496 e. The van der Waals surface area contributed by atoms with Crippen LogP contribution >= 0.6 is 0 Å². The number of methoxy groups -OCH3 is 2. The summed E-state index contributed by atoms with van der Waals surface area (Å²) in [6.45, 7) is 6.18. The average molecular weight is 238 g/mol. The van der Waals surface area contributed by atoms with E-state index in [2.05, 4.69) is 0 Å². The van der Waals surface area contributed by atoms with Gasteiger partial charge in [-0.15, -0.1) is 0 Å². The fraction of sp³-hybridized carbons (Fsp3) is 0.571. The third-order valence-electron chi connectivity index (χ3n) is 2.84. The minimum absolute atomic E-state index is 0.132. The van der Waals surface area contributed by atoms with E-state index in [9.17, 15) is 5.11 Å². The van der Waals surface area contributed by atoms with Crippen LogP contribution in [0.15, 0.2) is 12.1 Å². The van der Waals surface area contributed by atoms with Gasteiger partial charge in [-0.25, -0.2) is 0 Å². The molecular weight excluding hydrogens is 216 g/mol. The second-order valence-corrected chi connectivity index (χ2v) is 5.15. The molecule has 96 valence electrons. The predicted octanol–water partition coefficient (Wildman–Crippen LogP) is 2.57. The molecule has 0 aromatic heterocycles. The lowest BCUT2D eigenvalue weighted by Gasteiger charge is -2.24. The van der Waals surface area contributed by atoms with Crippen LogP contribution in [-0.4, -0.2) is 25.9 Å². The normalized spacial score (nSPS) is 11.4. The lowest BCUT2D eigenvalue weighted by atomic mass is 9.85. The number of rotatable bonds is 5. The zero-order chi connectivity index (χ0) is 13.1. The van der Waals surface area contributed by atoms with Gasteiger partial charge in [0.2, 0.25) is 0 Å². The molecule has 0 saturated heterocycles. The number of hydrogen-bond acceptors (Lipinski definition) is 3. The third-order valence-corrected chi connectivity index (χ3v) is 2.84. The molecule has 0 spiro atoms. The van der Waals surface area contributed by atoms with Crippen LogP contribution in [0.25, 0.3) is 0 Å². The molecule has 0 aliphatic rings. The monoisotopic (exact) mass is 238 g/mol. The van der Waals surface area contributed by atoms with Gasteiger partial charge >= 0.3 is 0 Å². The number of aliphatic hydroxyl groups is 1. The van der Waals surface area contributed by atoms with Gasteiger partial charge in [-0.2, -0.15) is 0 Å². The first-order valence-electron chi connectivity index (χ1n) is 5.76. The van der Waals surface area contributed by atoms with E-state index in [1.807, 2.05) is 32.9 Å². The van der Waals surface area contributed by atoms with Crippen LogP contribution in [0.3, 0.4) is 0 Å². The molecule has 3 heteroatoms. The van der Waals surface area contributed by atoms with Crippen molar-refractivity contribution < 1.29 is 14.6 Å². The highest BCUT2D eigenvalue weighted by atomic mass is 16.5.